The number of para-hydroxylation sites is 1. The van der Waals surface area contributed by atoms with Gasteiger partial charge in [-0.3, -0.25) is 4.79 Å². The SMILES string of the molecule is Cc1[nH]c2ccccc2c1C=NNC(=O)CNc1cccc(C(F)(F)F)c1. The summed E-state index contributed by atoms with van der Waals surface area (Å²) in [6.45, 7) is 1.70. The number of rotatable bonds is 5. The van der Waals surface area contributed by atoms with Crippen molar-refractivity contribution in [2.75, 3.05) is 11.9 Å². The Bertz CT molecular complexity index is 992. The van der Waals surface area contributed by atoms with E-state index in [0.29, 0.717) is 0 Å². The molecule has 1 heterocycles. The number of aryl methyl sites for hydroxylation is 1. The number of carbonyl (C=O) groups is 1. The van der Waals surface area contributed by atoms with Crippen molar-refractivity contribution >= 4 is 28.7 Å². The zero-order valence-electron chi connectivity index (χ0n) is 14.4. The number of hydrogen-bond acceptors (Lipinski definition) is 3. The average molecular weight is 374 g/mol. The number of amides is 1. The van der Waals surface area contributed by atoms with E-state index in [1.807, 2.05) is 31.2 Å². The summed E-state index contributed by atoms with van der Waals surface area (Å²) in [7, 11) is 0. The Morgan fingerprint density at radius 2 is 1.96 bits per heavy atom. The lowest BCUT2D eigenvalue weighted by molar-refractivity contribution is -0.137. The molecule has 1 amide bonds. The minimum absolute atomic E-state index is 0.203. The molecule has 0 atom stereocenters. The van der Waals surface area contributed by atoms with E-state index < -0.39 is 17.6 Å². The Morgan fingerprint density at radius 3 is 2.74 bits per heavy atom. The van der Waals surface area contributed by atoms with Gasteiger partial charge >= 0.3 is 6.18 Å². The molecule has 0 aliphatic rings. The predicted octanol–water partition coefficient (Wildman–Crippen LogP) is 4.06. The van der Waals surface area contributed by atoms with Gasteiger partial charge in [0, 0.05) is 27.8 Å². The molecule has 0 aliphatic heterocycles. The Hall–Kier alpha value is -3.29. The van der Waals surface area contributed by atoms with Crippen molar-refractivity contribution in [2.24, 2.45) is 5.10 Å². The second-order valence-corrected chi connectivity index (χ2v) is 5.93. The van der Waals surface area contributed by atoms with Crippen molar-refractivity contribution in [1.82, 2.24) is 10.4 Å². The molecule has 0 fully saturated rings. The molecule has 0 saturated heterocycles. The Balaban J connectivity index is 1.58. The van der Waals surface area contributed by atoms with Gasteiger partial charge in [0.1, 0.15) is 0 Å². The van der Waals surface area contributed by atoms with E-state index in [4.69, 9.17) is 0 Å². The first kappa shape index (κ1) is 18.5. The van der Waals surface area contributed by atoms with Gasteiger partial charge in [-0.15, -0.1) is 0 Å². The molecule has 3 aromatic rings. The van der Waals surface area contributed by atoms with Gasteiger partial charge in [-0.25, -0.2) is 5.43 Å². The fourth-order valence-electron chi connectivity index (χ4n) is 2.66. The molecule has 0 aliphatic carbocycles. The average Bonchev–Trinajstić information content (AvgIpc) is 2.95. The molecule has 1 aromatic heterocycles. The molecule has 0 unspecified atom stereocenters. The zero-order chi connectivity index (χ0) is 19.4. The van der Waals surface area contributed by atoms with Crippen LogP contribution in [0.1, 0.15) is 16.8 Å². The number of fused-ring (bicyclic) bond motifs is 1. The summed E-state index contributed by atoms with van der Waals surface area (Å²) < 4.78 is 38.0. The van der Waals surface area contributed by atoms with E-state index >= 15 is 0 Å². The standard InChI is InChI=1S/C19H17F3N4O/c1-12-16(15-7-2-3-8-17(15)25-12)10-24-26-18(27)11-23-14-6-4-5-13(9-14)19(20,21)22/h2-10,23,25H,11H2,1H3,(H,26,27). The lowest BCUT2D eigenvalue weighted by atomic mass is 10.1. The van der Waals surface area contributed by atoms with Crippen LogP contribution in [-0.2, 0) is 11.0 Å². The van der Waals surface area contributed by atoms with Crippen LogP contribution >= 0.6 is 0 Å². The van der Waals surface area contributed by atoms with E-state index in [1.54, 1.807) is 0 Å². The highest BCUT2D eigenvalue weighted by molar-refractivity contribution is 6.00. The van der Waals surface area contributed by atoms with Crippen molar-refractivity contribution < 1.29 is 18.0 Å². The summed E-state index contributed by atoms with van der Waals surface area (Å²) >= 11 is 0. The number of alkyl halides is 3. The van der Waals surface area contributed by atoms with Crippen molar-refractivity contribution in [1.29, 1.82) is 0 Å². The summed E-state index contributed by atoms with van der Waals surface area (Å²) in [4.78, 5) is 15.1. The number of nitrogens with zero attached hydrogens (tertiary/aromatic N) is 1. The van der Waals surface area contributed by atoms with Gasteiger partial charge in [0.15, 0.2) is 0 Å². The highest BCUT2D eigenvalue weighted by Gasteiger charge is 2.30. The van der Waals surface area contributed by atoms with Crippen LogP contribution in [0.3, 0.4) is 0 Å². The smallest absolute Gasteiger partial charge is 0.376 e. The van der Waals surface area contributed by atoms with E-state index in [-0.39, 0.29) is 12.2 Å². The molecule has 0 radical (unpaired) electrons. The number of nitrogens with one attached hydrogen (secondary N) is 3. The van der Waals surface area contributed by atoms with Crippen molar-refractivity contribution in [3.63, 3.8) is 0 Å². The fraction of sp³-hybridized carbons (Fsp3) is 0.158. The van der Waals surface area contributed by atoms with Gasteiger partial charge in [-0.1, -0.05) is 24.3 Å². The molecule has 8 heteroatoms. The van der Waals surface area contributed by atoms with Crippen molar-refractivity contribution in [3.8, 4) is 0 Å². The minimum atomic E-state index is -4.43. The van der Waals surface area contributed by atoms with Crippen LogP contribution in [0, 0.1) is 6.92 Å². The second kappa shape index (κ2) is 7.53. The van der Waals surface area contributed by atoms with E-state index in [0.717, 1.165) is 34.3 Å². The van der Waals surface area contributed by atoms with E-state index in [9.17, 15) is 18.0 Å². The maximum Gasteiger partial charge on any atom is 0.416 e. The summed E-state index contributed by atoms with van der Waals surface area (Å²) in [6.07, 6.45) is -2.89. The van der Waals surface area contributed by atoms with Crippen LogP contribution < -0.4 is 10.7 Å². The minimum Gasteiger partial charge on any atom is -0.376 e. The van der Waals surface area contributed by atoms with Crippen LogP contribution in [0.4, 0.5) is 18.9 Å². The topological polar surface area (TPSA) is 69.3 Å². The Morgan fingerprint density at radius 1 is 1.19 bits per heavy atom. The number of carbonyl (C=O) groups excluding carboxylic acids is 1. The van der Waals surface area contributed by atoms with E-state index in [2.05, 4.69) is 20.8 Å². The predicted molar refractivity (Wildman–Crippen MR) is 98.7 cm³/mol. The molecule has 0 saturated carbocycles. The van der Waals surface area contributed by atoms with Gasteiger partial charge in [0.25, 0.3) is 5.91 Å². The van der Waals surface area contributed by atoms with Gasteiger partial charge in [-0.05, 0) is 31.2 Å². The van der Waals surface area contributed by atoms with Gasteiger partial charge in [0.2, 0.25) is 0 Å². The molecule has 0 bridgehead atoms. The maximum atomic E-state index is 12.7. The first-order valence-corrected chi connectivity index (χ1v) is 8.15. The summed E-state index contributed by atoms with van der Waals surface area (Å²) in [5.74, 6) is -0.471. The number of halogens is 3. The van der Waals surface area contributed by atoms with Crippen LogP contribution in [0.5, 0.6) is 0 Å². The van der Waals surface area contributed by atoms with Crippen LogP contribution in [-0.4, -0.2) is 23.7 Å². The molecule has 27 heavy (non-hydrogen) atoms. The van der Waals surface area contributed by atoms with E-state index in [1.165, 1.54) is 18.3 Å². The van der Waals surface area contributed by atoms with Gasteiger partial charge in [-0.2, -0.15) is 18.3 Å². The number of aromatic nitrogens is 1. The molecule has 5 nitrogen and oxygen atoms in total. The maximum absolute atomic E-state index is 12.7. The summed E-state index contributed by atoms with van der Waals surface area (Å²) in [6, 6.07) is 12.4. The number of hydrazone groups is 1. The fourth-order valence-corrected chi connectivity index (χ4v) is 2.66. The summed E-state index contributed by atoms with van der Waals surface area (Å²) in [5.41, 5.74) is 4.53. The molecule has 3 rings (SSSR count). The lowest BCUT2D eigenvalue weighted by Gasteiger charge is -2.10. The van der Waals surface area contributed by atoms with Crippen LogP contribution in [0.25, 0.3) is 10.9 Å². The third-order valence-electron chi connectivity index (χ3n) is 3.97. The van der Waals surface area contributed by atoms with Crippen molar-refractivity contribution in [3.05, 3.63) is 65.4 Å². The lowest BCUT2D eigenvalue weighted by Crippen LogP contribution is -2.26. The highest BCUT2D eigenvalue weighted by atomic mass is 19.4. The molecule has 2 aromatic carbocycles. The molecule has 140 valence electrons. The number of benzene rings is 2. The molecule has 0 spiro atoms. The van der Waals surface area contributed by atoms with Gasteiger partial charge in [0.05, 0.1) is 18.3 Å². The largest absolute Gasteiger partial charge is 0.416 e. The monoisotopic (exact) mass is 374 g/mol. The third-order valence-corrected chi connectivity index (χ3v) is 3.97. The zero-order valence-corrected chi connectivity index (χ0v) is 14.4. The Kier molecular flexibility index (Phi) is 5.16. The quantitative estimate of drug-likeness (QED) is 0.466. The molecular formula is C19H17F3N4O. The number of H-pyrrole nitrogens is 1. The van der Waals surface area contributed by atoms with Gasteiger partial charge < -0.3 is 10.3 Å². The molecule has 3 N–H and O–H groups in total. The number of hydrogen-bond donors (Lipinski definition) is 3. The van der Waals surface area contributed by atoms with Crippen molar-refractivity contribution in [2.45, 2.75) is 13.1 Å². The molecular weight excluding hydrogens is 357 g/mol. The second-order valence-electron chi connectivity index (χ2n) is 5.93. The Labute approximate surface area is 153 Å². The van der Waals surface area contributed by atoms with Crippen LogP contribution in [0.2, 0.25) is 0 Å². The van der Waals surface area contributed by atoms with Crippen LogP contribution in [0.15, 0.2) is 53.6 Å². The number of aromatic amines is 1. The number of anilines is 1. The normalized spacial score (nSPS) is 11.9. The first-order valence-electron chi connectivity index (χ1n) is 8.15. The third kappa shape index (κ3) is 4.46. The first-order chi connectivity index (χ1) is 12.8. The summed E-state index contributed by atoms with van der Waals surface area (Å²) in [5, 5.41) is 7.56. The highest BCUT2D eigenvalue weighted by Crippen LogP contribution is 2.30.